The Morgan fingerprint density at radius 3 is 2.59 bits per heavy atom. The van der Waals surface area contributed by atoms with Crippen LogP contribution in [0.25, 0.3) is 0 Å². The Morgan fingerprint density at radius 2 is 1.86 bits per heavy atom. The third kappa shape index (κ3) is 4.10. The Balaban J connectivity index is 1.42. The van der Waals surface area contributed by atoms with Gasteiger partial charge in [0.25, 0.3) is 5.91 Å². The van der Waals surface area contributed by atoms with Gasteiger partial charge in [0.05, 0.1) is 13.7 Å². The third-order valence-corrected chi connectivity index (χ3v) is 5.17. The highest BCUT2D eigenvalue weighted by Gasteiger charge is 2.42. The van der Waals surface area contributed by atoms with Crippen LogP contribution in [0.4, 0.5) is 0 Å². The summed E-state index contributed by atoms with van der Waals surface area (Å²) in [5, 5.41) is 0. The topological polar surface area (TPSA) is 65.1 Å². The normalized spacial score (nSPS) is 16.8. The van der Waals surface area contributed by atoms with Crippen LogP contribution in [-0.4, -0.2) is 42.8 Å². The predicted molar refractivity (Wildman–Crippen MR) is 105 cm³/mol. The minimum atomic E-state index is -0.709. The Labute approximate surface area is 169 Å². The lowest BCUT2D eigenvalue weighted by atomic mass is 10.00. The van der Waals surface area contributed by atoms with Gasteiger partial charge in [0.2, 0.25) is 5.79 Å². The van der Waals surface area contributed by atoms with Gasteiger partial charge in [-0.1, -0.05) is 24.1 Å². The second-order valence-corrected chi connectivity index (χ2v) is 7.02. The number of fused-ring (bicyclic) bond motifs is 1. The van der Waals surface area contributed by atoms with Gasteiger partial charge < -0.3 is 19.1 Å². The minimum Gasteiger partial charge on any atom is -0.462 e. The van der Waals surface area contributed by atoms with E-state index >= 15 is 0 Å². The average Bonchev–Trinajstić information content (AvgIpc) is 2.78. The molecule has 2 aliphatic rings. The van der Waals surface area contributed by atoms with Crippen molar-refractivity contribution in [1.82, 2.24) is 4.90 Å². The van der Waals surface area contributed by atoms with Gasteiger partial charge in [0.1, 0.15) is 5.75 Å². The number of hydrogen-bond acceptors (Lipinski definition) is 5. The van der Waals surface area contributed by atoms with Crippen molar-refractivity contribution in [2.24, 2.45) is 0 Å². The molecule has 0 aliphatic carbocycles. The highest BCUT2D eigenvalue weighted by molar-refractivity contribution is 5.94. The fourth-order valence-corrected chi connectivity index (χ4v) is 3.54. The Bertz CT molecular complexity index is 981. The van der Waals surface area contributed by atoms with Crippen molar-refractivity contribution in [1.29, 1.82) is 0 Å². The number of benzene rings is 2. The molecule has 29 heavy (non-hydrogen) atoms. The summed E-state index contributed by atoms with van der Waals surface area (Å²) in [6.45, 7) is 1.55. The number of piperidine rings is 1. The summed E-state index contributed by atoms with van der Waals surface area (Å²) in [5.74, 6) is 4.68. The average molecular weight is 391 g/mol. The van der Waals surface area contributed by atoms with E-state index in [0.29, 0.717) is 43.7 Å². The van der Waals surface area contributed by atoms with E-state index in [4.69, 9.17) is 9.47 Å². The lowest BCUT2D eigenvalue weighted by Gasteiger charge is -2.44. The van der Waals surface area contributed by atoms with Crippen LogP contribution in [0.5, 0.6) is 5.75 Å². The number of methoxy groups -OCH3 is 1. The molecule has 0 bridgehead atoms. The maximum Gasteiger partial charge on any atom is 0.384 e. The molecular weight excluding hydrogens is 370 g/mol. The summed E-state index contributed by atoms with van der Waals surface area (Å²) in [6.07, 6.45) is 1.21. The molecule has 0 unspecified atom stereocenters. The van der Waals surface area contributed by atoms with Gasteiger partial charge in [-0.2, -0.15) is 0 Å². The van der Waals surface area contributed by atoms with E-state index in [1.54, 1.807) is 0 Å². The summed E-state index contributed by atoms with van der Waals surface area (Å²) < 4.78 is 16.8. The molecule has 2 aliphatic heterocycles. The van der Waals surface area contributed by atoms with Crippen LogP contribution >= 0.6 is 0 Å². The van der Waals surface area contributed by atoms with E-state index < -0.39 is 11.8 Å². The van der Waals surface area contributed by atoms with Crippen molar-refractivity contribution in [3.8, 4) is 17.6 Å². The van der Waals surface area contributed by atoms with Crippen molar-refractivity contribution >= 4 is 11.9 Å². The molecule has 1 spiro atoms. The Morgan fingerprint density at radius 1 is 1.10 bits per heavy atom. The van der Waals surface area contributed by atoms with Gasteiger partial charge in [0.15, 0.2) is 0 Å². The monoisotopic (exact) mass is 391 g/mol. The largest absolute Gasteiger partial charge is 0.462 e. The second-order valence-electron chi connectivity index (χ2n) is 7.02. The molecular formula is C23H21NO5. The molecule has 2 aromatic rings. The number of carbonyl (C=O) groups excluding carboxylic acids is 2. The lowest BCUT2D eigenvalue weighted by Crippen LogP contribution is -2.52. The van der Waals surface area contributed by atoms with Crippen molar-refractivity contribution in [3.05, 3.63) is 65.2 Å². The lowest BCUT2D eigenvalue weighted by molar-refractivity contribution is -0.225. The van der Waals surface area contributed by atoms with Crippen LogP contribution in [0.1, 0.15) is 34.3 Å². The zero-order valence-corrected chi connectivity index (χ0v) is 16.1. The molecule has 0 N–H and O–H groups in total. The molecule has 0 atom stereocenters. The fraction of sp³-hybridized carbons (Fsp3) is 0.304. The van der Waals surface area contributed by atoms with Crippen molar-refractivity contribution in [3.63, 3.8) is 0 Å². The summed E-state index contributed by atoms with van der Waals surface area (Å²) in [5.41, 5.74) is 2.27. The standard InChI is InChI=1S/C23H21NO5/c1-27-21(25)10-8-17-7-9-20-19(15-17)16-28-23(29-20)11-13-24(14-12-23)22(26)18-5-3-2-4-6-18/h2-7,9,15H,11-14,16H2,1H3. The number of esters is 1. The molecule has 6 heteroatoms. The highest BCUT2D eigenvalue weighted by Crippen LogP contribution is 2.38. The molecule has 4 rings (SSSR count). The van der Waals surface area contributed by atoms with Gasteiger partial charge >= 0.3 is 5.97 Å². The zero-order chi connectivity index (χ0) is 20.3. The van der Waals surface area contributed by atoms with Crippen LogP contribution in [-0.2, 0) is 20.9 Å². The van der Waals surface area contributed by atoms with E-state index in [1.807, 2.05) is 53.4 Å². The zero-order valence-electron chi connectivity index (χ0n) is 16.1. The van der Waals surface area contributed by atoms with Crippen molar-refractivity contribution in [2.45, 2.75) is 25.2 Å². The van der Waals surface area contributed by atoms with E-state index in [-0.39, 0.29) is 5.91 Å². The van der Waals surface area contributed by atoms with Crippen LogP contribution in [0.2, 0.25) is 0 Å². The van der Waals surface area contributed by atoms with Gasteiger partial charge in [-0.3, -0.25) is 4.79 Å². The quantitative estimate of drug-likeness (QED) is 0.553. The fourth-order valence-electron chi connectivity index (χ4n) is 3.54. The second kappa shape index (κ2) is 7.98. The van der Waals surface area contributed by atoms with Gasteiger partial charge in [0, 0.05) is 48.5 Å². The molecule has 1 fully saturated rings. The smallest absolute Gasteiger partial charge is 0.384 e. The van der Waals surface area contributed by atoms with Gasteiger partial charge in [-0.25, -0.2) is 4.79 Å². The van der Waals surface area contributed by atoms with Crippen LogP contribution < -0.4 is 4.74 Å². The van der Waals surface area contributed by atoms with Crippen molar-refractivity contribution in [2.75, 3.05) is 20.2 Å². The maximum atomic E-state index is 12.6. The van der Waals surface area contributed by atoms with Crippen molar-refractivity contribution < 1.29 is 23.8 Å². The molecule has 0 radical (unpaired) electrons. The number of amides is 1. The molecule has 6 nitrogen and oxygen atoms in total. The summed E-state index contributed by atoms with van der Waals surface area (Å²) in [6, 6.07) is 14.8. The molecule has 2 aromatic carbocycles. The van der Waals surface area contributed by atoms with Crippen LogP contribution in [0.3, 0.4) is 0 Å². The van der Waals surface area contributed by atoms with Gasteiger partial charge in [-0.15, -0.1) is 0 Å². The third-order valence-electron chi connectivity index (χ3n) is 5.17. The van der Waals surface area contributed by atoms with Gasteiger partial charge in [-0.05, 0) is 30.3 Å². The summed E-state index contributed by atoms with van der Waals surface area (Å²) in [7, 11) is 1.30. The van der Waals surface area contributed by atoms with Crippen LogP contribution in [0.15, 0.2) is 48.5 Å². The number of hydrogen-bond donors (Lipinski definition) is 0. The van der Waals surface area contributed by atoms with E-state index in [2.05, 4.69) is 16.6 Å². The SMILES string of the molecule is COC(=O)C#Cc1ccc2c(c1)COC1(CCN(C(=O)c3ccccc3)CC1)O2. The first-order valence-corrected chi connectivity index (χ1v) is 9.49. The predicted octanol–water partition coefficient (Wildman–Crippen LogP) is 2.75. The van der Waals surface area contributed by atoms with E-state index in [9.17, 15) is 9.59 Å². The Kier molecular flexibility index (Phi) is 5.24. The summed E-state index contributed by atoms with van der Waals surface area (Å²) in [4.78, 5) is 25.6. The number of carbonyl (C=O) groups is 2. The first-order chi connectivity index (χ1) is 14.1. The number of nitrogens with zero attached hydrogens (tertiary/aromatic N) is 1. The highest BCUT2D eigenvalue weighted by atomic mass is 16.7. The number of likely N-dealkylation sites (tertiary alicyclic amines) is 1. The number of rotatable bonds is 1. The molecule has 0 aromatic heterocycles. The molecule has 0 saturated carbocycles. The Hall–Kier alpha value is -3.30. The van der Waals surface area contributed by atoms with E-state index in [1.165, 1.54) is 7.11 Å². The van der Waals surface area contributed by atoms with E-state index in [0.717, 1.165) is 11.3 Å². The molecule has 1 amide bonds. The number of ether oxygens (including phenoxy) is 3. The molecule has 1 saturated heterocycles. The minimum absolute atomic E-state index is 0.0329. The maximum absolute atomic E-state index is 12.6. The van der Waals surface area contributed by atoms with Crippen LogP contribution in [0, 0.1) is 11.8 Å². The summed E-state index contributed by atoms with van der Waals surface area (Å²) >= 11 is 0. The first-order valence-electron chi connectivity index (χ1n) is 9.49. The molecule has 148 valence electrons. The first kappa shape index (κ1) is 19.0. The molecule has 2 heterocycles.